The van der Waals surface area contributed by atoms with Gasteiger partial charge in [-0.3, -0.25) is 9.59 Å². The molecule has 5 nitrogen and oxygen atoms in total. The van der Waals surface area contributed by atoms with Gasteiger partial charge in [0.15, 0.2) is 0 Å². The Balaban J connectivity index is 1.94. The molecule has 2 N–H and O–H groups in total. The van der Waals surface area contributed by atoms with Crippen LogP contribution in [0.25, 0.3) is 0 Å². The van der Waals surface area contributed by atoms with Gasteiger partial charge in [-0.15, -0.1) is 0 Å². The number of benzene rings is 1. The number of amides is 1. The molecule has 1 aromatic carbocycles. The molecule has 23 heavy (non-hydrogen) atoms. The van der Waals surface area contributed by atoms with E-state index in [0.29, 0.717) is 25.1 Å². The molecule has 1 aliphatic rings. The molecule has 0 fully saturated rings. The molecule has 0 saturated heterocycles. The van der Waals surface area contributed by atoms with Crippen LogP contribution in [0.5, 0.6) is 5.75 Å². The quantitative estimate of drug-likeness (QED) is 0.596. The minimum absolute atomic E-state index is 0.249. The van der Waals surface area contributed by atoms with E-state index in [0.717, 1.165) is 18.6 Å². The molecule has 0 aromatic heterocycles. The van der Waals surface area contributed by atoms with E-state index < -0.39 is 17.8 Å². The molecule has 124 valence electrons. The van der Waals surface area contributed by atoms with Gasteiger partial charge in [0.25, 0.3) is 0 Å². The number of ether oxygens (including phenoxy) is 1. The highest BCUT2D eigenvalue weighted by molar-refractivity contribution is 5.95. The number of nitrogens with one attached hydrogen (secondary N) is 1. The number of carbonyl (C=O) groups excluding carboxylic acids is 1. The van der Waals surface area contributed by atoms with Crippen molar-refractivity contribution in [3.05, 3.63) is 36.4 Å². The average molecular weight is 317 g/mol. The highest BCUT2D eigenvalue weighted by Gasteiger charge is 2.33. The smallest absolute Gasteiger partial charge is 0.307 e. The summed E-state index contributed by atoms with van der Waals surface area (Å²) in [6.07, 6.45) is 6.64. The van der Waals surface area contributed by atoms with Gasteiger partial charge in [0.1, 0.15) is 5.75 Å². The monoisotopic (exact) mass is 317 g/mol. The first kappa shape index (κ1) is 17.1. The predicted octanol–water partition coefficient (Wildman–Crippen LogP) is 3.47. The van der Waals surface area contributed by atoms with Gasteiger partial charge < -0.3 is 15.2 Å². The Labute approximate surface area is 136 Å². The van der Waals surface area contributed by atoms with Gasteiger partial charge >= 0.3 is 5.97 Å². The highest BCUT2D eigenvalue weighted by Crippen LogP contribution is 2.27. The van der Waals surface area contributed by atoms with Crippen molar-refractivity contribution in [2.45, 2.75) is 32.6 Å². The van der Waals surface area contributed by atoms with Crippen molar-refractivity contribution < 1.29 is 19.4 Å². The van der Waals surface area contributed by atoms with Crippen molar-refractivity contribution in [1.29, 1.82) is 0 Å². The Hall–Kier alpha value is -2.30. The molecule has 5 heteroatoms. The third-order valence-corrected chi connectivity index (χ3v) is 3.97. The first-order valence-corrected chi connectivity index (χ1v) is 8.03. The Morgan fingerprint density at radius 1 is 1.17 bits per heavy atom. The molecule has 0 heterocycles. The standard InChI is InChI=1S/C18H23NO4/c1-2-3-12-23-14-10-8-13(9-11-14)19-17(20)15-6-4-5-7-16(15)18(21)22/h4-5,8-11,15-16H,2-3,6-7,12H2,1H3,(H,19,20)(H,21,22)/t15-,16-/m0/s1. The molecule has 1 amide bonds. The summed E-state index contributed by atoms with van der Waals surface area (Å²) >= 11 is 0. The third-order valence-electron chi connectivity index (χ3n) is 3.97. The Bertz CT molecular complexity index is 565. The Morgan fingerprint density at radius 3 is 2.43 bits per heavy atom. The van der Waals surface area contributed by atoms with Crippen LogP contribution < -0.4 is 10.1 Å². The molecule has 1 aliphatic carbocycles. The fourth-order valence-electron chi connectivity index (χ4n) is 2.58. The minimum atomic E-state index is -0.922. The van der Waals surface area contributed by atoms with Crippen molar-refractivity contribution in [2.75, 3.05) is 11.9 Å². The second-order valence-corrected chi connectivity index (χ2v) is 5.71. The molecule has 0 spiro atoms. The zero-order chi connectivity index (χ0) is 16.7. The van der Waals surface area contributed by atoms with E-state index in [1.165, 1.54) is 0 Å². The van der Waals surface area contributed by atoms with E-state index in [1.54, 1.807) is 24.3 Å². The summed E-state index contributed by atoms with van der Waals surface area (Å²) in [5.41, 5.74) is 0.650. The van der Waals surface area contributed by atoms with Crippen molar-refractivity contribution in [1.82, 2.24) is 0 Å². The van der Waals surface area contributed by atoms with E-state index in [4.69, 9.17) is 4.74 Å². The zero-order valence-electron chi connectivity index (χ0n) is 13.3. The maximum absolute atomic E-state index is 12.3. The SMILES string of the molecule is CCCCOc1ccc(NC(=O)[C@H]2CC=CC[C@@H]2C(=O)O)cc1. The molecule has 0 bridgehead atoms. The molecular weight excluding hydrogens is 294 g/mol. The van der Waals surface area contributed by atoms with E-state index in [9.17, 15) is 14.7 Å². The third kappa shape index (κ3) is 4.84. The van der Waals surface area contributed by atoms with Crippen molar-refractivity contribution in [2.24, 2.45) is 11.8 Å². The molecule has 0 unspecified atom stereocenters. The number of allylic oxidation sites excluding steroid dienone is 2. The van der Waals surface area contributed by atoms with Crippen LogP contribution in [-0.2, 0) is 9.59 Å². The second kappa shape index (κ2) is 8.36. The van der Waals surface area contributed by atoms with Crippen molar-refractivity contribution in [3.8, 4) is 5.75 Å². The lowest BCUT2D eigenvalue weighted by molar-refractivity contribution is -0.146. The molecule has 2 atom stereocenters. The number of hydrogen-bond donors (Lipinski definition) is 2. The Morgan fingerprint density at radius 2 is 1.83 bits per heavy atom. The maximum Gasteiger partial charge on any atom is 0.307 e. The molecule has 2 rings (SSSR count). The molecular formula is C18H23NO4. The Kier molecular flexibility index (Phi) is 6.20. The van der Waals surface area contributed by atoms with Gasteiger partial charge in [0, 0.05) is 5.69 Å². The summed E-state index contributed by atoms with van der Waals surface area (Å²) in [5.74, 6) is -1.59. The largest absolute Gasteiger partial charge is 0.494 e. The van der Waals surface area contributed by atoms with Crippen LogP contribution in [0.4, 0.5) is 5.69 Å². The molecule has 0 radical (unpaired) electrons. The summed E-state index contributed by atoms with van der Waals surface area (Å²) in [4.78, 5) is 23.6. The summed E-state index contributed by atoms with van der Waals surface area (Å²) < 4.78 is 5.57. The number of aliphatic carboxylic acids is 1. The normalized spacial score (nSPS) is 20.0. The van der Waals surface area contributed by atoms with Gasteiger partial charge in [-0.05, 0) is 43.5 Å². The number of hydrogen-bond acceptors (Lipinski definition) is 3. The van der Waals surface area contributed by atoms with E-state index in [1.807, 2.05) is 12.2 Å². The van der Waals surface area contributed by atoms with Crippen LogP contribution in [0.2, 0.25) is 0 Å². The van der Waals surface area contributed by atoms with Gasteiger partial charge in [-0.2, -0.15) is 0 Å². The first-order valence-electron chi connectivity index (χ1n) is 8.03. The number of carboxylic acids is 1. The highest BCUT2D eigenvalue weighted by atomic mass is 16.5. The van der Waals surface area contributed by atoms with Crippen LogP contribution >= 0.6 is 0 Å². The van der Waals surface area contributed by atoms with E-state index in [2.05, 4.69) is 12.2 Å². The van der Waals surface area contributed by atoms with Crippen LogP contribution in [0.3, 0.4) is 0 Å². The van der Waals surface area contributed by atoms with Crippen molar-refractivity contribution >= 4 is 17.6 Å². The summed E-state index contributed by atoms with van der Waals surface area (Å²) in [6.45, 7) is 2.78. The lowest BCUT2D eigenvalue weighted by Crippen LogP contribution is -2.34. The van der Waals surface area contributed by atoms with Gasteiger partial charge in [0.2, 0.25) is 5.91 Å². The summed E-state index contributed by atoms with van der Waals surface area (Å²) in [7, 11) is 0. The number of carboxylic acid groups (broad SMARTS) is 1. The lowest BCUT2D eigenvalue weighted by atomic mass is 9.82. The van der Waals surface area contributed by atoms with Crippen LogP contribution in [0.1, 0.15) is 32.6 Å². The fraction of sp³-hybridized carbons (Fsp3) is 0.444. The summed E-state index contributed by atoms with van der Waals surface area (Å²) in [6, 6.07) is 7.16. The summed E-state index contributed by atoms with van der Waals surface area (Å²) in [5, 5.41) is 12.0. The van der Waals surface area contributed by atoms with Gasteiger partial charge in [-0.25, -0.2) is 0 Å². The number of carbonyl (C=O) groups is 2. The van der Waals surface area contributed by atoms with Crippen LogP contribution in [0, 0.1) is 11.8 Å². The number of unbranched alkanes of at least 4 members (excludes halogenated alkanes) is 1. The predicted molar refractivity (Wildman–Crippen MR) is 88.5 cm³/mol. The molecule has 1 aromatic rings. The number of anilines is 1. The minimum Gasteiger partial charge on any atom is -0.494 e. The van der Waals surface area contributed by atoms with Gasteiger partial charge in [-0.1, -0.05) is 25.5 Å². The topological polar surface area (TPSA) is 75.6 Å². The van der Waals surface area contributed by atoms with Gasteiger partial charge in [0.05, 0.1) is 18.4 Å². The first-order chi connectivity index (χ1) is 11.1. The number of rotatable bonds is 7. The van der Waals surface area contributed by atoms with Crippen molar-refractivity contribution in [3.63, 3.8) is 0 Å². The van der Waals surface area contributed by atoms with Crippen LogP contribution in [-0.4, -0.2) is 23.6 Å². The second-order valence-electron chi connectivity index (χ2n) is 5.71. The zero-order valence-corrected chi connectivity index (χ0v) is 13.3. The van der Waals surface area contributed by atoms with E-state index in [-0.39, 0.29) is 5.91 Å². The molecule has 0 saturated carbocycles. The van der Waals surface area contributed by atoms with E-state index >= 15 is 0 Å². The van der Waals surface area contributed by atoms with Crippen LogP contribution in [0.15, 0.2) is 36.4 Å². The fourth-order valence-corrected chi connectivity index (χ4v) is 2.58. The lowest BCUT2D eigenvalue weighted by Gasteiger charge is -2.24. The maximum atomic E-state index is 12.3. The molecule has 0 aliphatic heterocycles. The average Bonchev–Trinajstić information content (AvgIpc) is 2.56.